The second-order valence-electron chi connectivity index (χ2n) is 8.51. The molecule has 0 heterocycles. The standard InChI is InChI=1S/C23H36/c1-4-17(3)14-19-8-11-23-16-22(13-12-21(23)15-19)20-9-6-18(5-2)7-10-20/h12-13,16-20H,4-11,14-15H2,1-3H3/t17?,18-,19?,20-. The second kappa shape index (κ2) is 7.86. The van der Waals surface area contributed by atoms with Gasteiger partial charge in [-0.2, -0.15) is 0 Å². The van der Waals surface area contributed by atoms with Gasteiger partial charge in [0.1, 0.15) is 0 Å². The van der Waals surface area contributed by atoms with Gasteiger partial charge in [-0.3, -0.25) is 0 Å². The Hall–Kier alpha value is -0.780. The van der Waals surface area contributed by atoms with Gasteiger partial charge in [0.15, 0.2) is 0 Å². The number of rotatable bonds is 5. The number of aryl methyl sites for hydroxylation is 1. The molecule has 1 aromatic rings. The van der Waals surface area contributed by atoms with Crippen molar-refractivity contribution in [3.63, 3.8) is 0 Å². The molecule has 2 unspecified atom stereocenters. The molecule has 1 saturated carbocycles. The SMILES string of the molecule is CCC(C)CC1CCc2cc([C@H]3CC[C@H](CC)CC3)ccc2C1. The molecule has 0 amide bonds. The fourth-order valence-electron chi connectivity index (χ4n) is 4.95. The Kier molecular flexibility index (Phi) is 5.83. The molecule has 0 bridgehead atoms. The number of hydrogen-bond donors (Lipinski definition) is 0. The van der Waals surface area contributed by atoms with Crippen LogP contribution in [0, 0.1) is 17.8 Å². The third-order valence-electron chi connectivity index (χ3n) is 6.89. The molecule has 0 N–H and O–H groups in total. The quantitative estimate of drug-likeness (QED) is 0.554. The lowest BCUT2D eigenvalue weighted by Crippen LogP contribution is -2.18. The van der Waals surface area contributed by atoms with Gasteiger partial charge in [0.05, 0.1) is 0 Å². The molecule has 1 fully saturated rings. The van der Waals surface area contributed by atoms with E-state index in [0.29, 0.717) is 0 Å². The molecule has 2 aliphatic rings. The van der Waals surface area contributed by atoms with Crippen LogP contribution in [0.3, 0.4) is 0 Å². The minimum absolute atomic E-state index is 0.848. The monoisotopic (exact) mass is 312 g/mol. The zero-order valence-electron chi connectivity index (χ0n) is 15.6. The maximum absolute atomic E-state index is 2.59. The van der Waals surface area contributed by atoms with Crippen LogP contribution < -0.4 is 0 Å². The highest BCUT2D eigenvalue weighted by molar-refractivity contribution is 5.36. The smallest absolute Gasteiger partial charge is 0.0162 e. The summed E-state index contributed by atoms with van der Waals surface area (Å²) < 4.78 is 0. The summed E-state index contributed by atoms with van der Waals surface area (Å²) in [5.41, 5.74) is 5.00. The molecule has 0 aromatic heterocycles. The van der Waals surface area contributed by atoms with E-state index in [4.69, 9.17) is 0 Å². The highest BCUT2D eigenvalue weighted by Crippen LogP contribution is 2.39. The Labute approximate surface area is 144 Å². The van der Waals surface area contributed by atoms with Crippen LogP contribution in [-0.2, 0) is 12.8 Å². The fraction of sp³-hybridized carbons (Fsp3) is 0.739. The predicted molar refractivity (Wildman–Crippen MR) is 101 cm³/mol. The van der Waals surface area contributed by atoms with Crippen LogP contribution in [0.4, 0.5) is 0 Å². The Morgan fingerprint density at radius 1 is 0.957 bits per heavy atom. The topological polar surface area (TPSA) is 0 Å². The molecule has 0 heteroatoms. The summed E-state index contributed by atoms with van der Waals surface area (Å²) in [6.45, 7) is 7.12. The van der Waals surface area contributed by atoms with E-state index < -0.39 is 0 Å². The number of benzene rings is 1. The number of fused-ring (bicyclic) bond motifs is 1. The first-order chi connectivity index (χ1) is 11.2. The van der Waals surface area contributed by atoms with Crippen molar-refractivity contribution < 1.29 is 0 Å². The molecule has 0 saturated heterocycles. The van der Waals surface area contributed by atoms with Gasteiger partial charge in [0.25, 0.3) is 0 Å². The van der Waals surface area contributed by atoms with E-state index in [1.807, 2.05) is 0 Å². The molecule has 3 rings (SSSR count). The van der Waals surface area contributed by atoms with Crippen LogP contribution in [0.2, 0.25) is 0 Å². The Morgan fingerprint density at radius 2 is 1.74 bits per heavy atom. The summed E-state index contributed by atoms with van der Waals surface area (Å²) in [4.78, 5) is 0. The lowest BCUT2D eigenvalue weighted by atomic mass is 9.75. The molecular formula is C23H36. The lowest BCUT2D eigenvalue weighted by molar-refractivity contribution is 0.318. The fourth-order valence-corrected chi connectivity index (χ4v) is 4.95. The van der Waals surface area contributed by atoms with Crippen molar-refractivity contribution in [2.45, 2.75) is 90.9 Å². The molecule has 0 nitrogen and oxygen atoms in total. The lowest BCUT2D eigenvalue weighted by Gasteiger charge is -2.30. The van der Waals surface area contributed by atoms with Crippen LogP contribution in [0.25, 0.3) is 0 Å². The Morgan fingerprint density at radius 3 is 2.43 bits per heavy atom. The van der Waals surface area contributed by atoms with Gasteiger partial charge in [-0.05, 0) is 91.7 Å². The molecule has 0 radical (unpaired) electrons. The first-order valence-corrected chi connectivity index (χ1v) is 10.3. The van der Waals surface area contributed by atoms with E-state index in [1.54, 1.807) is 16.7 Å². The van der Waals surface area contributed by atoms with Gasteiger partial charge in [0.2, 0.25) is 0 Å². The van der Waals surface area contributed by atoms with Crippen LogP contribution in [-0.4, -0.2) is 0 Å². The highest BCUT2D eigenvalue weighted by Gasteiger charge is 2.24. The maximum atomic E-state index is 2.59. The molecule has 128 valence electrons. The molecule has 1 aromatic carbocycles. The zero-order chi connectivity index (χ0) is 16.2. The third-order valence-corrected chi connectivity index (χ3v) is 6.89. The average Bonchev–Trinajstić information content (AvgIpc) is 2.61. The van der Waals surface area contributed by atoms with Crippen LogP contribution >= 0.6 is 0 Å². The molecule has 0 spiro atoms. The van der Waals surface area contributed by atoms with E-state index in [-0.39, 0.29) is 0 Å². The van der Waals surface area contributed by atoms with Crippen LogP contribution in [0.15, 0.2) is 18.2 Å². The molecular weight excluding hydrogens is 276 g/mol. The Bertz CT molecular complexity index is 493. The minimum atomic E-state index is 0.848. The van der Waals surface area contributed by atoms with Gasteiger partial charge >= 0.3 is 0 Å². The molecule has 0 aliphatic heterocycles. The summed E-state index contributed by atoms with van der Waals surface area (Å²) in [7, 11) is 0. The molecule has 23 heavy (non-hydrogen) atoms. The highest BCUT2D eigenvalue weighted by atomic mass is 14.3. The van der Waals surface area contributed by atoms with Crippen molar-refractivity contribution in [2.75, 3.05) is 0 Å². The Balaban J connectivity index is 1.63. The minimum Gasteiger partial charge on any atom is -0.0651 e. The van der Waals surface area contributed by atoms with E-state index in [2.05, 4.69) is 39.0 Å². The summed E-state index contributed by atoms with van der Waals surface area (Å²) in [5, 5.41) is 0. The first kappa shape index (κ1) is 17.1. The van der Waals surface area contributed by atoms with Gasteiger partial charge in [-0.15, -0.1) is 0 Å². The summed E-state index contributed by atoms with van der Waals surface area (Å²) >= 11 is 0. The maximum Gasteiger partial charge on any atom is -0.0162 e. The van der Waals surface area contributed by atoms with Crippen molar-refractivity contribution in [3.05, 3.63) is 34.9 Å². The largest absolute Gasteiger partial charge is 0.0651 e. The van der Waals surface area contributed by atoms with E-state index in [9.17, 15) is 0 Å². The zero-order valence-corrected chi connectivity index (χ0v) is 15.6. The normalized spacial score (nSPS) is 29.1. The van der Waals surface area contributed by atoms with Crippen molar-refractivity contribution in [1.82, 2.24) is 0 Å². The molecule has 2 atom stereocenters. The van der Waals surface area contributed by atoms with Gasteiger partial charge < -0.3 is 0 Å². The van der Waals surface area contributed by atoms with Crippen molar-refractivity contribution in [1.29, 1.82) is 0 Å². The number of hydrogen-bond acceptors (Lipinski definition) is 0. The predicted octanol–water partition coefficient (Wildman–Crippen LogP) is 6.91. The van der Waals surface area contributed by atoms with Gasteiger partial charge in [-0.1, -0.05) is 51.8 Å². The van der Waals surface area contributed by atoms with E-state index in [1.165, 1.54) is 64.2 Å². The second-order valence-corrected chi connectivity index (χ2v) is 8.51. The van der Waals surface area contributed by atoms with Crippen molar-refractivity contribution in [3.8, 4) is 0 Å². The van der Waals surface area contributed by atoms with Crippen molar-refractivity contribution >= 4 is 0 Å². The van der Waals surface area contributed by atoms with E-state index in [0.717, 1.165) is 23.7 Å². The first-order valence-electron chi connectivity index (χ1n) is 10.3. The summed E-state index contributed by atoms with van der Waals surface area (Å²) in [6.07, 6.45) is 14.0. The van der Waals surface area contributed by atoms with Gasteiger partial charge in [0, 0.05) is 0 Å². The molecule has 2 aliphatic carbocycles. The van der Waals surface area contributed by atoms with E-state index >= 15 is 0 Å². The van der Waals surface area contributed by atoms with Gasteiger partial charge in [-0.25, -0.2) is 0 Å². The average molecular weight is 313 g/mol. The van der Waals surface area contributed by atoms with Crippen molar-refractivity contribution in [2.24, 2.45) is 17.8 Å². The third kappa shape index (κ3) is 4.20. The summed E-state index contributed by atoms with van der Waals surface area (Å²) in [6, 6.07) is 7.55. The van der Waals surface area contributed by atoms with Crippen LogP contribution in [0.1, 0.15) is 94.7 Å². The van der Waals surface area contributed by atoms with Crippen LogP contribution in [0.5, 0.6) is 0 Å². The summed E-state index contributed by atoms with van der Waals surface area (Å²) in [5.74, 6) is 3.68.